The molecule has 1 heterocycles. The number of carboxylic acids is 1. The van der Waals surface area contributed by atoms with Crippen molar-refractivity contribution in [1.29, 1.82) is 0 Å². The number of sulfone groups is 1. The number of rotatable bonds is 3. The molecule has 0 bridgehead atoms. The molecule has 0 saturated carbocycles. The SMILES string of the molecule is CC(C)(NC1CS(=O)(=O)CC1O)C(=O)O. The molecule has 1 aliphatic heterocycles. The van der Waals surface area contributed by atoms with Gasteiger partial charge in [0.2, 0.25) is 0 Å². The summed E-state index contributed by atoms with van der Waals surface area (Å²) in [5.41, 5.74) is -1.24. The summed E-state index contributed by atoms with van der Waals surface area (Å²) in [6.45, 7) is 2.85. The lowest BCUT2D eigenvalue weighted by atomic mass is 10.0. The van der Waals surface area contributed by atoms with E-state index < -0.39 is 33.5 Å². The number of carboxylic acid groups (broad SMARTS) is 1. The maximum Gasteiger partial charge on any atom is 0.323 e. The molecule has 3 N–H and O–H groups in total. The van der Waals surface area contributed by atoms with Crippen molar-refractivity contribution in [3.63, 3.8) is 0 Å². The van der Waals surface area contributed by atoms with Gasteiger partial charge in [-0.2, -0.15) is 0 Å². The van der Waals surface area contributed by atoms with E-state index in [0.717, 1.165) is 0 Å². The maximum atomic E-state index is 11.2. The minimum atomic E-state index is -3.25. The van der Waals surface area contributed by atoms with Crippen molar-refractivity contribution in [3.05, 3.63) is 0 Å². The topological polar surface area (TPSA) is 104 Å². The van der Waals surface area contributed by atoms with Gasteiger partial charge in [0.1, 0.15) is 5.54 Å². The molecule has 0 aliphatic carbocycles. The van der Waals surface area contributed by atoms with Gasteiger partial charge in [-0.05, 0) is 13.8 Å². The van der Waals surface area contributed by atoms with E-state index in [4.69, 9.17) is 5.11 Å². The van der Waals surface area contributed by atoms with Crippen molar-refractivity contribution in [2.45, 2.75) is 31.5 Å². The van der Waals surface area contributed by atoms with Gasteiger partial charge in [-0.3, -0.25) is 10.1 Å². The Hall–Kier alpha value is -0.660. The van der Waals surface area contributed by atoms with Crippen LogP contribution in [0, 0.1) is 0 Å². The first kappa shape index (κ1) is 12.4. The summed E-state index contributed by atoms with van der Waals surface area (Å²) >= 11 is 0. The van der Waals surface area contributed by atoms with Crippen LogP contribution in [0.5, 0.6) is 0 Å². The molecule has 0 amide bonds. The van der Waals surface area contributed by atoms with Gasteiger partial charge in [0.15, 0.2) is 9.84 Å². The first-order valence-electron chi connectivity index (χ1n) is 4.54. The molecule has 1 rings (SSSR count). The van der Waals surface area contributed by atoms with E-state index in [-0.39, 0.29) is 11.5 Å². The van der Waals surface area contributed by atoms with Gasteiger partial charge < -0.3 is 10.2 Å². The summed E-state index contributed by atoms with van der Waals surface area (Å²) in [5, 5.41) is 20.9. The van der Waals surface area contributed by atoms with E-state index in [9.17, 15) is 18.3 Å². The molecule has 0 radical (unpaired) electrons. The first-order chi connectivity index (χ1) is 6.64. The van der Waals surface area contributed by atoms with Crippen LogP contribution in [0.4, 0.5) is 0 Å². The molecule has 88 valence electrons. The Bertz CT molecular complexity index is 361. The highest BCUT2D eigenvalue weighted by Gasteiger charge is 2.41. The fraction of sp³-hybridized carbons (Fsp3) is 0.875. The zero-order chi connectivity index (χ0) is 11.9. The summed E-state index contributed by atoms with van der Waals surface area (Å²) in [4.78, 5) is 10.8. The fourth-order valence-electron chi connectivity index (χ4n) is 1.49. The second-order valence-corrected chi connectivity index (χ2v) is 6.48. The van der Waals surface area contributed by atoms with Crippen molar-refractivity contribution < 1.29 is 23.4 Å². The number of carbonyl (C=O) groups is 1. The van der Waals surface area contributed by atoms with Gasteiger partial charge in [0.25, 0.3) is 0 Å². The van der Waals surface area contributed by atoms with E-state index in [1.54, 1.807) is 0 Å². The molecule has 1 saturated heterocycles. The van der Waals surface area contributed by atoms with Crippen molar-refractivity contribution in [2.24, 2.45) is 0 Å². The smallest absolute Gasteiger partial charge is 0.323 e. The molecule has 0 aromatic heterocycles. The Morgan fingerprint density at radius 2 is 1.93 bits per heavy atom. The van der Waals surface area contributed by atoms with E-state index in [1.165, 1.54) is 13.8 Å². The van der Waals surface area contributed by atoms with Gasteiger partial charge in [-0.25, -0.2) is 8.42 Å². The standard InChI is InChI=1S/C8H15NO5S/c1-8(2,7(11)12)9-5-3-15(13,14)4-6(5)10/h5-6,9-10H,3-4H2,1-2H3,(H,11,12). The Morgan fingerprint density at radius 3 is 2.27 bits per heavy atom. The summed E-state index contributed by atoms with van der Waals surface area (Å²) in [6.07, 6.45) is -1.03. The Morgan fingerprint density at radius 1 is 1.40 bits per heavy atom. The van der Waals surface area contributed by atoms with E-state index in [0.29, 0.717) is 0 Å². The van der Waals surface area contributed by atoms with E-state index >= 15 is 0 Å². The summed E-state index contributed by atoms with van der Waals surface area (Å²) in [5.74, 6) is -1.61. The van der Waals surface area contributed by atoms with Crippen LogP contribution in [-0.4, -0.2) is 53.8 Å². The van der Waals surface area contributed by atoms with Crippen LogP contribution in [0.25, 0.3) is 0 Å². The number of aliphatic carboxylic acids is 1. The lowest BCUT2D eigenvalue weighted by Gasteiger charge is -2.26. The van der Waals surface area contributed by atoms with Crippen LogP contribution in [-0.2, 0) is 14.6 Å². The van der Waals surface area contributed by atoms with Crippen molar-refractivity contribution in [1.82, 2.24) is 5.32 Å². The monoisotopic (exact) mass is 237 g/mol. The van der Waals surface area contributed by atoms with Crippen molar-refractivity contribution in [2.75, 3.05) is 11.5 Å². The van der Waals surface area contributed by atoms with Crippen molar-refractivity contribution >= 4 is 15.8 Å². The minimum absolute atomic E-state index is 0.217. The highest BCUT2D eigenvalue weighted by atomic mass is 32.2. The lowest BCUT2D eigenvalue weighted by molar-refractivity contribution is -0.143. The molecule has 0 aromatic carbocycles. The predicted molar refractivity (Wildman–Crippen MR) is 53.3 cm³/mol. The quantitative estimate of drug-likeness (QED) is 0.557. The number of hydrogen-bond donors (Lipinski definition) is 3. The molecule has 15 heavy (non-hydrogen) atoms. The first-order valence-corrected chi connectivity index (χ1v) is 6.36. The van der Waals surface area contributed by atoms with Crippen LogP contribution in [0.3, 0.4) is 0 Å². The average molecular weight is 237 g/mol. The largest absolute Gasteiger partial charge is 0.480 e. The number of aliphatic hydroxyl groups is 1. The highest BCUT2D eigenvalue weighted by molar-refractivity contribution is 7.91. The van der Waals surface area contributed by atoms with Crippen LogP contribution in [0.15, 0.2) is 0 Å². The molecule has 2 unspecified atom stereocenters. The Balaban J connectivity index is 2.73. The Labute approximate surface area is 88.2 Å². The second kappa shape index (κ2) is 3.73. The van der Waals surface area contributed by atoms with Gasteiger partial charge in [-0.15, -0.1) is 0 Å². The maximum absolute atomic E-state index is 11.2. The molecule has 0 aromatic rings. The molecular formula is C8H15NO5S. The Kier molecular flexibility index (Phi) is 3.09. The number of nitrogens with one attached hydrogen (secondary N) is 1. The molecule has 7 heteroatoms. The van der Waals surface area contributed by atoms with Gasteiger partial charge in [-0.1, -0.05) is 0 Å². The molecule has 1 aliphatic rings. The van der Waals surface area contributed by atoms with Crippen molar-refractivity contribution in [3.8, 4) is 0 Å². The predicted octanol–water partition coefficient (Wildman–Crippen LogP) is -1.40. The highest BCUT2D eigenvalue weighted by Crippen LogP contribution is 2.16. The third kappa shape index (κ3) is 2.90. The van der Waals surface area contributed by atoms with Crippen LogP contribution in [0.2, 0.25) is 0 Å². The second-order valence-electron chi connectivity index (χ2n) is 4.33. The normalized spacial score (nSPS) is 30.3. The fourth-order valence-corrected chi connectivity index (χ4v) is 3.23. The minimum Gasteiger partial charge on any atom is -0.480 e. The van der Waals surface area contributed by atoms with E-state index in [2.05, 4.69) is 5.32 Å². The third-order valence-electron chi connectivity index (χ3n) is 2.40. The number of aliphatic hydroxyl groups excluding tert-OH is 1. The molecule has 2 atom stereocenters. The van der Waals surface area contributed by atoms with Crippen LogP contribution in [0.1, 0.15) is 13.8 Å². The van der Waals surface area contributed by atoms with Crippen LogP contribution >= 0.6 is 0 Å². The third-order valence-corrected chi connectivity index (χ3v) is 4.12. The summed E-state index contributed by atoms with van der Waals surface area (Å²) in [6, 6.07) is -0.707. The number of hydrogen-bond acceptors (Lipinski definition) is 5. The average Bonchev–Trinajstić information content (AvgIpc) is 2.23. The van der Waals surface area contributed by atoms with E-state index in [1.807, 2.05) is 0 Å². The zero-order valence-corrected chi connectivity index (χ0v) is 9.41. The van der Waals surface area contributed by atoms with Crippen LogP contribution < -0.4 is 5.32 Å². The summed E-state index contributed by atoms with van der Waals surface area (Å²) < 4.78 is 22.3. The molecule has 1 fully saturated rings. The van der Waals surface area contributed by atoms with Gasteiger partial charge in [0.05, 0.1) is 17.6 Å². The molecule has 0 spiro atoms. The molecular weight excluding hydrogens is 222 g/mol. The van der Waals surface area contributed by atoms with Gasteiger partial charge >= 0.3 is 5.97 Å². The zero-order valence-electron chi connectivity index (χ0n) is 8.60. The molecule has 6 nitrogen and oxygen atoms in total. The lowest BCUT2D eigenvalue weighted by Crippen LogP contribution is -2.55. The summed E-state index contributed by atoms with van der Waals surface area (Å²) in [7, 11) is -3.25. The van der Waals surface area contributed by atoms with Gasteiger partial charge in [0, 0.05) is 6.04 Å².